The largest absolute Gasteiger partial charge is 0.352 e. The normalized spacial score (nSPS) is 12.9. The highest BCUT2D eigenvalue weighted by molar-refractivity contribution is 6.36. The minimum Gasteiger partial charge on any atom is -0.352 e. The van der Waals surface area contributed by atoms with Crippen LogP contribution < -0.4 is 5.32 Å². The van der Waals surface area contributed by atoms with Crippen LogP contribution in [0.1, 0.15) is 44.7 Å². The zero-order valence-electron chi connectivity index (χ0n) is 17.7. The molecule has 2 aromatic carbocycles. The predicted molar refractivity (Wildman–Crippen MR) is 129 cm³/mol. The van der Waals surface area contributed by atoms with E-state index < -0.39 is 6.04 Å². The third-order valence-corrected chi connectivity index (χ3v) is 6.43. The van der Waals surface area contributed by atoms with E-state index in [1.807, 2.05) is 20.8 Å². The van der Waals surface area contributed by atoms with Crippen molar-refractivity contribution in [1.82, 2.24) is 10.2 Å². The van der Waals surface area contributed by atoms with Crippen LogP contribution in [0.15, 0.2) is 36.4 Å². The summed E-state index contributed by atoms with van der Waals surface area (Å²) in [5.41, 5.74) is 1.22. The third kappa shape index (κ3) is 7.01. The van der Waals surface area contributed by atoms with Crippen molar-refractivity contribution in [3.05, 3.63) is 67.6 Å². The minimum atomic E-state index is -0.681. The topological polar surface area (TPSA) is 49.4 Å². The van der Waals surface area contributed by atoms with E-state index >= 15 is 0 Å². The number of hydrogen-bond acceptors (Lipinski definition) is 2. The number of carbonyl (C=O) groups is 2. The van der Waals surface area contributed by atoms with Gasteiger partial charge < -0.3 is 10.2 Å². The lowest BCUT2D eigenvalue weighted by Crippen LogP contribution is -2.51. The molecule has 1 N–H and O–H groups in total. The fraction of sp³-hybridized carbons (Fsp3) is 0.391. The van der Waals surface area contributed by atoms with Crippen molar-refractivity contribution < 1.29 is 9.59 Å². The van der Waals surface area contributed by atoms with Gasteiger partial charge in [0.25, 0.3) is 0 Å². The van der Waals surface area contributed by atoms with Crippen LogP contribution in [-0.2, 0) is 22.6 Å². The van der Waals surface area contributed by atoms with Gasteiger partial charge in [-0.15, -0.1) is 0 Å². The summed E-state index contributed by atoms with van der Waals surface area (Å²) in [5.74, 6) is -0.470. The lowest BCUT2D eigenvalue weighted by atomic mass is 10.1. The van der Waals surface area contributed by atoms with Gasteiger partial charge in [0, 0.05) is 38.2 Å². The van der Waals surface area contributed by atoms with Gasteiger partial charge in [0.2, 0.25) is 11.8 Å². The lowest BCUT2D eigenvalue weighted by Gasteiger charge is -2.32. The van der Waals surface area contributed by atoms with Gasteiger partial charge >= 0.3 is 0 Å². The first-order valence-electron chi connectivity index (χ1n) is 10.1. The van der Waals surface area contributed by atoms with Crippen molar-refractivity contribution in [2.24, 2.45) is 0 Å². The fourth-order valence-electron chi connectivity index (χ4n) is 3.14. The van der Waals surface area contributed by atoms with Crippen LogP contribution in [0.25, 0.3) is 0 Å². The Kier molecular flexibility index (Phi) is 9.95. The minimum absolute atomic E-state index is 0.00638. The summed E-state index contributed by atoms with van der Waals surface area (Å²) in [7, 11) is 0. The van der Waals surface area contributed by atoms with Crippen molar-refractivity contribution in [3.63, 3.8) is 0 Å². The van der Waals surface area contributed by atoms with Gasteiger partial charge in [-0.1, -0.05) is 72.4 Å². The molecule has 31 heavy (non-hydrogen) atoms. The molecule has 0 aromatic heterocycles. The molecule has 0 unspecified atom stereocenters. The van der Waals surface area contributed by atoms with E-state index in [1.54, 1.807) is 36.4 Å². The molecule has 0 aliphatic carbocycles. The molecule has 2 amide bonds. The van der Waals surface area contributed by atoms with E-state index in [4.69, 9.17) is 46.4 Å². The number of hydrogen-bond donors (Lipinski definition) is 1. The first-order chi connectivity index (χ1) is 14.7. The van der Waals surface area contributed by atoms with Crippen LogP contribution in [-0.4, -0.2) is 28.8 Å². The Morgan fingerprint density at radius 2 is 1.61 bits per heavy atom. The maximum absolute atomic E-state index is 13.4. The Hall–Kier alpha value is -1.46. The highest BCUT2D eigenvalue weighted by atomic mass is 35.5. The first-order valence-corrected chi connectivity index (χ1v) is 11.7. The summed E-state index contributed by atoms with van der Waals surface area (Å²) in [4.78, 5) is 27.9. The maximum Gasteiger partial charge on any atom is 0.243 e. The Morgan fingerprint density at radius 3 is 2.16 bits per heavy atom. The van der Waals surface area contributed by atoms with Gasteiger partial charge in [0.1, 0.15) is 6.04 Å². The molecular weight excluding hydrogens is 478 g/mol. The second-order valence-corrected chi connectivity index (χ2v) is 9.03. The molecule has 0 aliphatic rings. The zero-order valence-corrected chi connectivity index (χ0v) is 20.7. The fourth-order valence-corrected chi connectivity index (χ4v) is 4.14. The Balaban J connectivity index is 2.40. The molecule has 8 heteroatoms. The summed E-state index contributed by atoms with van der Waals surface area (Å²) in [6, 6.07) is 9.45. The van der Waals surface area contributed by atoms with Crippen LogP contribution in [0.2, 0.25) is 20.1 Å². The van der Waals surface area contributed by atoms with E-state index in [0.29, 0.717) is 37.6 Å². The second kappa shape index (κ2) is 12.0. The molecule has 0 bridgehead atoms. The van der Waals surface area contributed by atoms with Gasteiger partial charge in [0.05, 0.1) is 6.42 Å². The van der Waals surface area contributed by atoms with Gasteiger partial charge in [-0.05, 0) is 49.6 Å². The summed E-state index contributed by atoms with van der Waals surface area (Å²) in [6.45, 7) is 5.88. The molecule has 2 rings (SSSR count). The Bertz CT molecular complexity index is 916. The van der Waals surface area contributed by atoms with Crippen LogP contribution in [0.5, 0.6) is 0 Å². The summed E-state index contributed by atoms with van der Waals surface area (Å²) >= 11 is 25.0. The van der Waals surface area contributed by atoms with E-state index in [2.05, 4.69) is 5.32 Å². The number of nitrogens with one attached hydrogen (secondary N) is 1. The highest BCUT2D eigenvalue weighted by Gasteiger charge is 2.30. The highest BCUT2D eigenvalue weighted by Crippen LogP contribution is 2.28. The summed E-state index contributed by atoms with van der Waals surface area (Å²) in [5, 5.41) is 4.73. The molecule has 0 fully saturated rings. The molecule has 4 nitrogen and oxygen atoms in total. The number of benzene rings is 2. The molecule has 0 heterocycles. The summed E-state index contributed by atoms with van der Waals surface area (Å²) in [6.07, 6.45) is 1.24. The number of amides is 2. The molecular formula is C23H26Cl4N2O2. The van der Waals surface area contributed by atoms with E-state index in [0.717, 1.165) is 6.42 Å². The Labute approximate surface area is 203 Å². The number of halogens is 4. The molecule has 168 valence electrons. The predicted octanol–water partition coefficient (Wildman–Crippen LogP) is 6.56. The van der Waals surface area contributed by atoms with Gasteiger partial charge in [-0.2, -0.15) is 0 Å². The average molecular weight is 504 g/mol. The summed E-state index contributed by atoms with van der Waals surface area (Å²) < 4.78 is 0. The second-order valence-electron chi connectivity index (χ2n) is 7.38. The van der Waals surface area contributed by atoms with Crippen LogP contribution in [0, 0.1) is 0 Å². The maximum atomic E-state index is 13.4. The Morgan fingerprint density at radius 1 is 0.968 bits per heavy atom. The van der Waals surface area contributed by atoms with E-state index in [1.165, 1.54) is 4.90 Å². The van der Waals surface area contributed by atoms with Crippen molar-refractivity contribution in [3.8, 4) is 0 Å². The zero-order chi connectivity index (χ0) is 23.1. The number of nitrogens with zero attached hydrogens (tertiary/aromatic N) is 1. The van der Waals surface area contributed by atoms with Gasteiger partial charge in [-0.3, -0.25) is 9.59 Å². The van der Waals surface area contributed by atoms with Crippen molar-refractivity contribution >= 4 is 58.2 Å². The standard InChI is InChI=1S/C23H26Cl4N2O2/c1-4-14(3)28-23(31)21(5-2)29(13-17-18(25)7-6-8-19(17)26)22(30)11-15-9-10-16(24)12-20(15)27/h6-10,12,14,21H,4-5,11,13H2,1-3H3,(H,28,31)/t14-,21-/m1/s1. The molecule has 2 atom stereocenters. The molecule has 0 radical (unpaired) electrons. The van der Waals surface area contributed by atoms with Crippen LogP contribution in [0.4, 0.5) is 0 Å². The van der Waals surface area contributed by atoms with Crippen molar-refractivity contribution in [2.75, 3.05) is 0 Å². The van der Waals surface area contributed by atoms with Crippen LogP contribution in [0.3, 0.4) is 0 Å². The van der Waals surface area contributed by atoms with Crippen molar-refractivity contribution in [2.45, 2.75) is 58.7 Å². The quantitative estimate of drug-likeness (QED) is 0.421. The molecule has 0 saturated carbocycles. The van der Waals surface area contributed by atoms with E-state index in [9.17, 15) is 9.59 Å². The molecule has 2 aromatic rings. The van der Waals surface area contributed by atoms with Crippen molar-refractivity contribution in [1.29, 1.82) is 0 Å². The molecule has 0 spiro atoms. The van der Waals surface area contributed by atoms with Crippen LogP contribution >= 0.6 is 46.4 Å². The molecule has 0 saturated heterocycles. The number of rotatable bonds is 9. The molecule has 0 aliphatic heterocycles. The monoisotopic (exact) mass is 502 g/mol. The van der Waals surface area contributed by atoms with Gasteiger partial charge in [-0.25, -0.2) is 0 Å². The SMILES string of the molecule is CC[C@@H](C)NC(=O)[C@@H](CC)N(Cc1c(Cl)cccc1Cl)C(=O)Cc1ccc(Cl)cc1Cl. The first kappa shape index (κ1) is 25.8. The van der Waals surface area contributed by atoms with Gasteiger partial charge in [0.15, 0.2) is 0 Å². The number of carbonyl (C=O) groups excluding carboxylic acids is 2. The third-order valence-electron chi connectivity index (χ3n) is 5.13. The van der Waals surface area contributed by atoms with E-state index in [-0.39, 0.29) is 30.8 Å². The lowest BCUT2D eigenvalue weighted by molar-refractivity contribution is -0.141. The smallest absolute Gasteiger partial charge is 0.243 e. The average Bonchev–Trinajstić information content (AvgIpc) is 2.71.